The molecule has 3 aromatic carbocycles. The number of carbonyl (C=O) groups is 1. The third-order valence-electron chi connectivity index (χ3n) is 7.25. The van der Waals surface area contributed by atoms with Gasteiger partial charge >= 0.3 is 0 Å². The quantitative estimate of drug-likeness (QED) is 0.338. The van der Waals surface area contributed by atoms with E-state index in [1.807, 2.05) is 6.92 Å². The van der Waals surface area contributed by atoms with Crippen LogP contribution in [0.3, 0.4) is 0 Å². The van der Waals surface area contributed by atoms with E-state index < -0.39 is 38.1 Å². The Morgan fingerprint density at radius 2 is 1.70 bits per heavy atom. The molecule has 0 aromatic heterocycles. The number of hydrogen-bond donors (Lipinski definition) is 2. The van der Waals surface area contributed by atoms with Crippen LogP contribution in [0.2, 0.25) is 5.02 Å². The Hall–Kier alpha value is -3.36. The SMILES string of the molecule is COc1ccc(S(=O)(=O)N(C)C[C@H]2Oc3ccc(NS(=O)(=O)c4ccc(Cl)cc4)cc3C(=O)N([C@H](C)CO)C[C@H]2C)cc1. The van der Waals surface area contributed by atoms with Crippen LogP contribution in [0, 0.1) is 5.92 Å². The minimum Gasteiger partial charge on any atom is -0.497 e. The van der Waals surface area contributed by atoms with Crippen LogP contribution in [0.5, 0.6) is 11.5 Å². The second kappa shape index (κ2) is 13.1. The minimum atomic E-state index is -4.00. The van der Waals surface area contributed by atoms with E-state index in [-0.39, 0.29) is 52.4 Å². The van der Waals surface area contributed by atoms with E-state index in [0.29, 0.717) is 10.8 Å². The van der Waals surface area contributed by atoms with Gasteiger partial charge in [-0.25, -0.2) is 16.8 Å². The van der Waals surface area contributed by atoms with Gasteiger partial charge in [0.05, 0.1) is 41.7 Å². The fourth-order valence-corrected chi connectivity index (χ4v) is 6.97. The number of halogens is 1. The summed E-state index contributed by atoms with van der Waals surface area (Å²) in [6.45, 7) is 3.32. The van der Waals surface area contributed by atoms with Crippen LogP contribution in [0.15, 0.2) is 76.5 Å². The second-order valence-corrected chi connectivity index (χ2v) is 14.5. The lowest BCUT2D eigenvalue weighted by atomic mass is 9.99. The maximum Gasteiger partial charge on any atom is 0.261 e. The molecule has 43 heavy (non-hydrogen) atoms. The number of anilines is 1. The predicted octanol–water partition coefficient (Wildman–Crippen LogP) is 3.69. The number of nitrogens with zero attached hydrogens (tertiary/aromatic N) is 2. The zero-order chi connectivity index (χ0) is 31.5. The van der Waals surface area contributed by atoms with Crippen LogP contribution in [0.1, 0.15) is 24.2 Å². The molecular weight excluding hydrogens is 618 g/mol. The van der Waals surface area contributed by atoms with Crippen molar-refractivity contribution in [3.05, 3.63) is 77.3 Å². The first kappa shape index (κ1) is 32.6. The smallest absolute Gasteiger partial charge is 0.261 e. The van der Waals surface area contributed by atoms with Crippen LogP contribution in [-0.4, -0.2) is 83.1 Å². The molecule has 0 bridgehead atoms. The molecule has 11 nitrogen and oxygen atoms in total. The first-order valence-corrected chi connectivity index (χ1v) is 16.7. The lowest BCUT2D eigenvalue weighted by molar-refractivity contribution is 0.0387. The molecule has 0 spiro atoms. The Labute approximate surface area is 257 Å². The van der Waals surface area contributed by atoms with E-state index in [1.165, 1.54) is 78.0 Å². The molecule has 0 radical (unpaired) electrons. The molecule has 3 aromatic rings. The average Bonchev–Trinajstić information content (AvgIpc) is 2.98. The summed E-state index contributed by atoms with van der Waals surface area (Å²) in [7, 11) is -4.96. The van der Waals surface area contributed by atoms with Crippen molar-refractivity contribution in [2.24, 2.45) is 5.92 Å². The molecule has 2 N–H and O–H groups in total. The number of aliphatic hydroxyl groups is 1. The van der Waals surface area contributed by atoms with E-state index in [4.69, 9.17) is 21.1 Å². The highest BCUT2D eigenvalue weighted by atomic mass is 35.5. The molecular formula is C29H34ClN3O8S2. The number of aliphatic hydroxyl groups excluding tert-OH is 1. The Bertz CT molecular complexity index is 1670. The Balaban J connectivity index is 1.67. The van der Waals surface area contributed by atoms with Crippen LogP contribution in [0.4, 0.5) is 5.69 Å². The molecule has 3 atom stereocenters. The van der Waals surface area contributed by atoms with Gasteiger partial charge in [0, 0.05) is 30.2 Å². The van der Waals surface area contributed by atoms with Gasteiger partial charge in [-0.3, -0.25) is 9.52 Å². The summed E-state index contributed by atoms with van der Waals surface area (Å²) < 4.78 is 67.7. The van der Waals surface area contributed by atoms with Crippen LogP contribution >= 0.6 is 11.6 Å². The molecule has 1 heterocycles. The maximum absolute atomic E-state index is 13.7. The maximum atomic E-state index is 13.7. The molecule has 14 heteroatoms. The van der Waals surface area contributed by atoms with E-state index in [0.717, 1.165) is 0 Å². The number of benzene rings is 3. The van der Waals surface area contributed by atoms with Crippen molar-refractivity contribution < 1.29 is 36.2 Å². The third-order valence-corrected chi connectivity index (χ3v) is 10.7. The number of rotatable bonds is 10. The Kier molecular flexibility index (Phi) is 9.92. The van der Waals surface area contributed by atoms with E-state index >= 15 is 0 Å². The number of nitrogens with one attached hydrogen (secondary N) is 1. The summed E-state index contributed by atoms with van der Waals surface area (Å²) in [6, 6.07) is 15.4. The van der Waals surface area contributed by atoms with Gasteiger partial charge in [-0.2, -0.15) is 4.31 Å². The van der Waals surface area contributed by atoms with Crippen molar-refractivity contribution in [3.63, 3.8) is 0 Å². The number of ether oxygens (including phenoxy) is 2. The van der Waals surface area contributed by atoms with Crippen molar-refractivity contribution in [2.45, 2.75) is 35.8 Å². The van der Waals surface area contributed by atoms with Crippen molar-refractivity contribution in [1.29, 1.82) is 0 Å². The lowest BCUT2D eigenvalue weighted by Crippen LogP contribution is -2.50. The molecule has 0 aliphatic carbocycles. The molecule has 1 aliphatic heterocycles. The molecule has 0 unspecified atom stereocenters. The van der Waals surface area contributed by atoms with Gasteiger partial charge in [-0.05, 0) is 73.7 Å². The molecule has 0 saturated carbocycles. The van der Waals surface area contributed by atoms with Gasteiger partial charge < -0.3 is 19.5 Å². The zero-order valence-corrected chi connectivity index (χ0v) is 26.5. The van der Waals surface area contributed by atoms with Crippen molar-refractivity contribution in [2.75, 3.05) is 38.6 Å². The number of methoxy groups -OCH3 is 1. The Morgan fingerprint density at radius 1 is 1.07 bits per heavy atom. The molecule has 0 saturated heterocycles. The highest BCUT2D eigenvalue weighted by Crippen LogP contribution is 2.32. The normalized spacial score (nSPS) is 18.3. The third kappa shape index (κ3) is 7.24. The topological polar surface area (TPSA) is 143 Å². The molecule has 4 rings (SSSR count). The summed E-state index contributed by atoms with van der Waals surface area (Å²) in [5.74, 6) is -0.134. The van der Waals surface area contributed by atoms with E-state index in [9.17, 15) is 26.7 Å². The molecule has 0 fully saturated rings. The summed E-state index contributed by atoms with van der Waals surface area (Å²) >= 11 is 5.89. The highest BCUT2D eigenvalue weighted by Gasteiger charge is 2.35. The largest absolute Gasteiger partial charge is 0.497 e. The standard InChI is InChI=1S/C29H34ClN3O8S2/c1-19-16-33(20(2)18-34)29(35)26-15-22(31-42(36,37)24-10-5-21(30)6-11-24)7-14-27(26)41-28(19)17-32(3)43(38,39)25-12-8-23(40-4)9-13-25/h5-15,19-20,28,31,34H,16-18H2,1-4H3/t19-,20-,28-/m1/s1. The van der Waals surface area contributed by atoms with E-state index in [1.54, 1.807) is 19.1 Å². The molecule has 1 aliphatic rings. The summed E-state index contributed by atoms with van der Waals surface area (Å²) in [5.41, 5.74) is 0.181. The monoisotopic (exact) mass is 651 g/mol. The van der Waals surface area contributed by atoms with Gasteiger partial charge in [0.25, 0.3) is 15.9 Å². The summed E-state index contributed by atoms with van der Waals surface area (Å²) in [6.07, 6.45) is -0.699. The van der Waals surface area contributed by atoms with Crippen LogP contribution in [-0.2, 0) is 20.0 Å². The van der Waals surface area contributed by atoms with E-state index in [2.05, 4.69) is 4.72 Å². The fourth-order valence-electron chi connectivity index (χ4n) is 4.61. The van der Waals surface area contributed by atoms with Crippen LogP contribution < -0.4 is 14.2 Å². The second-order valence-electron chi connectivity index (χ2n) is 10.4. The highest BCUT2D eigenvalue weighted by molar-refractivity contribution is 7.92. The van der Waals surface area contributed by atoms with Crippen molar-refractivity contribution in [1.82, 2.24) is 9.21 Å². The minimum absolute atomic E-state index is 0.0169. The molecule has 232 valence electrons. The lowest BCUT2D eigenvalue weighted by Gasteiger charge is -2.38. The summed E-state index contributed by atoms with van der Waals surface area (Å²) in [4.78, 5) is 15.3. The van der Waals surface area contributed by atoms with Gasteiger partial charge in [0.1, 0.15) is 17.6 Å². The number of amides is 1. The number of fused-ring (bicyclic) bond motifs is 1. The molecule has 1 amide bonds. The fraction of sp³-hybridized carbons (Fsp3) is 0.345. The van der Waals surface area contributed by atoms with Crippen LogP contribution in [0.25, 0.3) is 0 Å². The van der Waals surface area contributed by atoms with Crippen molar-refractivity contribution >= 4 is 43.2 Å². The predicted molar refractivity (Wildman–Crippen MR) is 163 cm³/mol. The van der Waals surface area contributed by atoms with Crippen molar-refractivity contribution in [3.8, 4) is 11.5 Å². The van der Waals surface area contributed by atoms with Gasteiger partial charge in [-0.15, -0.1) is 0 Å². The number of carbonyl (C=O) groups excluding carboxylic acids is 1. The van der Waals surface area contributed by atoms with Gasteiger partial charge in [-0.1, -0.05) is 18.5 Å². The number of likely N-dealkylation sites (N-methyl/N-ethyl adjacent to an activating group) is 1. The first-order chi connectivity index (χ1) is 20.3. The average molecular weight is 652 g/mol. The Morgan fingerprint density at radius 3 is 2.30 bits per heavy atom. The number of sulfonamides is 2. The van der Waals surface area contributed by atoms with Gasteiger partial charge in [0.15, 0.2) is 0 Å². The number of hydrogen-bond acceptors (Lipinski definition) is 8. The first-order valence-electron chi connectivity index (χ1n) is 13.4. The van der Waals surface area contributed by atoms with Gasteiger partial charge in [0.2, 0.25) is 10.0 Å². The zero-order valence-electron chi connectivity index (χ0n) is 24.1. The summed E-state index contributed by atoms with van der Waals surface area (Å²) in [5, 5.41) is 10.3.